The molecule has 2 amide bonds. The van der Waals surface area contributed by atoms with E-state index >= 15 is 0 Å². The second-order valence-electron chi connectivity index (χ2n) is 11.1. The van der Waals surface area contributed by atoms with Gasteiger partial charge in [-0.1, -0.05) is 27.7 Å². The number of carbonyl (C=O) groups excluding carboxylic acids is 5. The van der Waals surface area contributed by atoms with E-state index < -0.39 is 0 Å². The Balaban J connectivity index is -0.000000196. The summed E-state index contributed by atoms with van der Waals surface area (Å²) in [7, 11) is 0. The molecule has 1 aliphatic rings. The van der Waals surface area contributed by atoms with Gasteiger partial charge in [-0.3, -0.25) is 19.2 Å². The number of hydrogen-bond donors (Lipinski definition) is 0. The van der Waals surface area contributed by atoms with Crippen LogP contribution in [0, 0.1) is 13.8 Å². The van der Waals surface area contributed by atoms with Gasteiger partial charge >= 0.3 is 45.0 Å². The van der Waals surface area contributed by atoms with Gasteiger partial charge in [0.2, 0.25) is 0 Å². The number of allylic oxidation sites excluding steroid dienone is 8. The molecule has 0 aromatic carbocycles. The smallest absolute Gasteiger partial charge is 0.876 e. The van der Waals surface area contributed by atoms with E-state index in [1.165, 1.54) is 65.4 Å². The molecule has 2 heterocycles. The third kappa shape index (κ3) is 32.8. The largest absolute Gasteiger partial charge is 3.00 e. The molecule has 0 saturated carbocycles. The summed E-state index contributed by atoms with van der Waals surface area (Å²) >= 11 is 0. The van der Waals surface area contributed by atoms with E-state index in [1.807, 2.05) is 47.6 Å². The van der Waals surface area contributed by atoms with Gasteiger partial charge in [0, 0.05) is 29.3 Å². The molecule has 1 aromatic heterocycles. The molecule has 2 rings (SSSR count). The first-order chi connectivity index (χ1) is 22.3. The van der Waals surface area contributed by atoms with E-state index in [-0.39, 0.29) is 103 Å². The molecule has 0 aliphatic carbocycles. The van der Waals surface area contributed by atoms with Crippen molar-refractivity contribution in [1.82, 2.24) is 20.0 Å². The van der Waals surface area contributed by atoms with E-state index in [1.54, 1.807) is 0 Å². The number of nitrogens with zero attached hydrogens (tertiary/aromatic N) is 6. The van der Waals surface area contributed by atoms with Crippen molar-refractivity contribution < 1.29 is 83.4 Å². The average Bonchev–Trinajstić information content (AvgIpc) is 2.86. The predicted octanol–water partition coefficient (Wildman–Crippen LogP) is 1.95. The van der Waals surface area contributed by atoms with Crippen LogP contribution >= 0.6 is 0 Å². The van der Waals surface area contributed by atoms with Gasteiger partial charge in [-0.05, 0) is 99.6 Å². The molecule has 51 heavy (non-hydrogen) atoms. The van der Waals surface area contributed by atoms with E-state index in [0.29, 0.717) is 11.7 Å². The molecule has 15 nitrogen and oxygen atoms in total. The number of hydrogen-bond acceptors (Lipinski definition) is 12. The number of rotatable bonds is 7. The van der Waals surface area contributed by atoms with Crippen LogP contribution in [0.25, 0.3) is 5.43 Å². The molecule has 0 fully saturated rings. The zero-order valence-corrected chi connectivity index (χ0v) is 35.1. The summed E-state index contributed by atoms with van der Waals surface area (Å²) in [6.45, 7) is 22.2. The molecule has 0 bridgehead atoms. The Morgan fingerprint density at radius 2 is 0.941 bits per heavy atom. The first kappa shape index (κ1) is 56.3. The standard InChI is InChI=1S/C14H21N6O.4C5H8O2.2Ru/c1-8(2)19-14(21)20(9(3)4)18-13(17-19)12-15-10(5)7-11(6)16-12;4*1-4(6)3-5(2)7;;/h7-9H,1-6H3;4*3,6H,1-2H3;;/q-1;;;;;+2;+3/p-4/b;4*4-3-;;. The molecule has 0 unspecified atom stereocenters. The maximum absolute atomic E-state index is 12.3. The van der Waals surface area contributed by atoms with E-state index in [9.17, 15) is 44.4 Å². The number of aryl methyl sites for hydroxylation is 2. The quantitative estimate of drug-likeness (QED) is 0.218. The first-order valence-electron chi connectivity index (χ1n) is 15.0. The molecular formula is C34H49N6O9Ru2. The van der Waals surface area contributed by atoms with E-state index in [4.69, 9.17) is 0 Å². The van der Waals surface area contributed by atoms with E-state index in [2.05, 4.69) is 20.5 Å². The van der Waals surface area contributed by atoms with Crippen LogP contribution in [0.5, 0.6) is 0 Å². The van der Waals surface area contributed by atoms with Crippen molar-refractivity contribution in [1.29, 1.82) is 0 Å². The minimum Gasteiger partial charge on any atom is -0.876 e. The van der Waals surface area contributed by atoms with Crippen molar-refractivity contribution in [2.45, 2.75) is 109 Å². The van der Waals surface area contributed by atoms with Crippen molar-refractivity contribution in [2.24, 2.45) is 5.10 Å². The van der Waals surface area contributed by atoms with Crippen LogP contribution in [-0.4, -0.2) is 67.1 Å². The normalized spacial score (nSPS) is 12.7. The van der Waals surface area contributed by atoms with Crippen LogP contribution in [0.15, 0.2) is 58.5 Å². The van der Waals surface area contributed by atoms with Gasteiger partial charge < -0.3 is 41.0 Å². The SMILES string of the molecule is CC(=O)/C=C(/C)[O-].CC(=O)/C=C(/C)[O-].CC(=O)/C=C(/C)[O-].CC(=O)/C=C(/C)[O-].Cc1cc(C)nc(C2=NN(C(C)C)C(=O)N(C(C)C)[N-]2)n1.[Ru+2].[Ru+3]. The summed E-state index contributed by atoms with van der Waals surface area (Å²) in [5.74, 6) is -0.694. The number of carbonyl (C=O) groups is 5. The Bertz CT molecular complexity index is 1310. The fourth-order valence-corrected chi connectivity index (χ4v) is 3.15. The van der Waals surface area contributed by atoms with Gasteiger partial charge in [0.15, 0.2) is 29.0 Å². The Morgan fingerprint density at radius 3 is 1.14 bits per heavy atom. The average molecular weight is 888 g/mol. The summed E-state index contributed by atoms with van der Waals surface area (Å²) in [5, 5.41) is 47.1. The van der Waals surface area contributed by atoms with E-state index in [0.717, 1.165) is 35.7 Å². The summed E-state index contributed by atoms with van der Waals surface area (Å²) < 4.78 is 0. The van der Waals surface area contributed by atoms with Crippen molar-refractivity contribution >= 4 is 35.0 Å². The molecule has 1 radical (unpaired) electrons. The monoisotopic (exact) mass is 889 g/mol. The molecule has 0 spiro atoms. The zero-order chi connectivity index (χ0) is 39.2. The maximum atomic E-state index is 12.3. The molecule has 0 saturated heterocycles. The number of amidine groups is 1. The summed E-state index contributed by atoms with van der Waals surface area (Å²) in [6.07, 6.45) is 4.22. The molecule has 0 atom stereocenters. The molecular weight excluding hydrogens is 839 g/mol. The number of ketones is 4. The van der Waals surface area contributed by atoms with Crippen LogP contribution in [-0.2, 0) is 58.1 Å². The summed E-state index contributed by atoms with van der Waals surface area (Å²) in [6, 6.07) is 1.54. The van der Waals surface area contributed by atoms with Gasteiger partial charge in [0.1, 0.15) is 0 Å². The number of aromatic nitrogens is 2. The minimum absolute atomic E-state index is 0. The third-order valence-corrected chi connectivity index (χ3v) is 4.58. The molecule has 0 N–H and O–H groups in total. The fourth-order valence-electron chi connectivity index (χ4n) is 3.15. The molecule has 17 heteroatoms. The summed E-state index contributed by atoms with van der Waals surface area (Å²) in [5.41, 5.74) is 6.01. The molecule has 285 valence electrons. The van der Waals surface area contributed by atoms with Crippen molar-refractivity contribution in [3.05, 3.63) is 76.0 Å². The van der Waals surface area contributed by atoms with Crippen LogP contribution in [0.3, 0.4) is 0 Å². The second kappa shape index (κ2) is 29.6. The second-order valence-corrected chi connectivity index (χ2v) is 11.1. The summed E-state index contributed by atoms with van der Waals surface area (Å²) in [4.78, 5) is 61.0. The van der Waals surface area contributed by atoms with Crippen LogP contribution in [0.1, 0.15) is 100 Å². The molecule has 1 aromatic rings. The van der Waals surface area contributed by atoms with Gasteiger partial charge in [-0.15, -0.1) is 23.0 Å². The Kier molecular flexibility index (Phi) is 32.7. The van der Waals surface area contributed by atoms with Crippen LogP contribution in [0.2, 0.25) is 0 Å². The van der Waals surface area contributed by atoms with Gasteiger partial charge in [-0.2, -0.15) is 0 Å². The fraction of sp³-hybridized carbons (Fsp3) is 0.471. The zero-order valence-electron chi connectivity index (χ0n) is 31.6. The minimum atomic E-state index is -0.229. The predicted molar refractivity (Wildman–Crippen MR) is 178 cm³/mol. The van der Waals surface area contributed by atoms with Gasteiger partial charge in [0.05, 0.1) is 0 Å². The van der Waals surface area contributed by atoms with Crippen molar-refractivity contribution in [3.8, 4) is 0 Å². The number of amides is 2. The Hall–Kier alpha value is -4.09. The van der Waals surface area contributed by atoms with Crippen LogP contribution in [0.4, 0.5) is 4.79 Å². The van der Waals surface area contributed by atoms with Crippen molar-refractivity contribution in [3.63, 3.8) is 0 Å². The Labute approximate surface area is 327 Å². The third-order valence-electron chi connectivity index (χ3n) is 4.58. The van der Waals surface area contributed by atoms with Gasteiger partial charge in [-0.25, -0.2) is 14.8 Å². The maximum Gasteiger partial charge on any atom is 3.00 e. The Morgan fingerprint density at radius 1 is 0.647 bits per heavy atom. The van der Waals surface area contributed by atoms with Crippen LogP contribution < -0.4 is 20.4 Å². The number of hydrazone groups is 1. The topological polar surface area (TPSA) is 236 Å². The number of urea groups is 1. The first-order valence-corrected chi connectivity index (χ1v) is 15.0. The van der Waals surface area contributed by atoms with Crippen molar-refractivity contribution in [2.75, 3.05) is 0 Å². The molecule has 1 aliphatic heterocycles. The van der Waals surface area contributed by atoms with Gasteiger partial charge in [0.25, 0.3) is 0 Å².